The molecule has 1 amide bonds. The smallest absolute Gasteiger partial charge is 0.262 e. The molecule has 2 heterocycles. The van der Waals surface area contributed by atoms with Gasteiger partial charge >= 0.3 is 0 Å². The van der Waals surface area contributed by atoms with E-state index in [-0.39, 0.29) is 39.5 Å². The molecule has 0 unspecified atom stereocenters. The van der Waals surface area contributed by atoms with Gasteiger partial charge in [0.15, 0.2) is 11.5 Å². The summed E-state index contributed by atoms with van der Waals surface area (Å²) in [5.41, 5.74) is 0.0320. The van der Waals surface area contributed by atoms with Crippen molar-refractivity contribution in [2.75, 3.05) is 12.4 Å². The van der Waals surface area contributed by atoms with Gasteiger partial charge in [-0.15, -0.1) is 0 Å². The Kier molecular flexibility index (Phi) is 4.29. The Morgan fingerprint density at radius 3 is 2.68 bits per heavy atom. The molecule has 3 rings (SSSR count). The average Bonchev–Trinajstić information content (AvgIpc) is 2.62. The van der Waals surface area contributed by atoms with Crippen molar-refractivity contribution in [1.29, 1.82) is 0 Å². The second-order valence-corrected chi connectivity index (χ2v) is 5.08. The fraction of sp³-hybridized carbons (Fsp3) is 0.188. The Balaban J connectivity index is 2.17. The quantitative estimate of drug-likeness (QED) is 0.731. The number of carbonyl (C=O) groups is 1. The highest BCUT2D eigenvalue weighted by atomic mass is 16.5. The summed E-state index contributed by atoms with van der Waals surface area (Å²) in [6, 6.07) is 2.83. The number of aromatic hydroxyl groups is 1. The van der Waals surface area contributed by atoms with Crippen LogP contribution in [0.2, 0.25) is 0 Å². The molecule has 0 spiro atoms. The van der Waals surface area contributed by atoms with E-state index in [4.69, 9.17) is 4.74 Å². The van der Waals surface area contributed by atoms with Crippen LogP contribution in [-0.2, 0) is 6.54 Å². The van der Waals surface area contributed by atoms with Crippen molar-refractivity contribution >= 4 is 22.8 Å². The molecule has 9 nitrogen and oxygen atoms in total. The summed E-state index contributed by atoms with van der Waals surface area (Å²) in [4.78, 5) is 36.9. The Morgan fingerprint density at radius 2 is 2.04 bits per heavy atom. The minimum atomic E-state index is -0.506. The number of phenols is 1. The molecule has 1 aromatic carbocycles. The number of rotatable bonds is 4. The predicted molar refractivity (Wildman–Crippen MR) is 89.9 cm³/mol. The van der Waals surface area contributed by atoms with Crippen molar-refractivity contribution in [3.05, 3.63) is 46.8 Å². The maximum atomic E-state index is 12.7. The lowest BCUT2D eigenvalue weighted by atomic mass is 10.2. The van der Waals surface area contributed by atoms with Gasteiger partial charge in [-0.25, -0.2) is 15.0 Å². The summed E-state index contributed by atoms with van der Waals surface area (Å²) in [5, 5.41) is 12.8. The van der Waals surface area contributed by atoms with Crippen molar-refractivity contribution in [1.82, 2.24) is 19.5 Å². The van der Waals surface area contributed by atoms with Crippen LogP contribution in [0.4, 0.5) is 5.95 Å². The number of ether oxygens (including phenoxy) is 1. The highest BCUT2D eigenvalue weighted by Gasteiger charge is 2.18. The molecule has 0 atom stereocenters. The summed E-state index contributed by atoms with van der Waals surface area (Å²) in [7, 11) is 1.36. The van der Waals surface area contributed by atoms with Crippen LogP contribution in [0.15, 0.2) is 35.6 Å². The van der Waals surface area contributed by atoms with Crippen molar-refractivity contribution in [2.45, 2.75) is 13.5 Å². The van der Waals surface area contributed by atoms with Crippen LogP contribution in [0.1, 0.15) is 17.3 Å². The number of carbonyl (C=O) groups excluding carboxylic acids is 1. The molecule has 128 valence electrons. The summed E-state index contributed by atoms with van der Waals surface area (Å²) < 4.78 is 6.46. The number of hydrogen-bond donors (Lipinski definition) is 2. The highest BCUT2D eigenvalue weighted by Crippen LogP contribution is 2.32. The van der Waals surface area contributed by atoms with E-state index < -0.39 is 5.91 Å². The summed E-state index contributed by atoms with van der Waals surface area (Å²) in [5.74, 6) is -0.549. The van der Waals surface area contributed by atoms with E-state index in [9.17, 15) is 14.7 Å². The van der Waals surface area contributed by atoms with Gasteiger partial charge in [0.25, 0.3) is 11.5 Å². The number of hydrogen-bond acceptors (Lipinski definition) is 7. The van der Waals surface area contributed by atoms with E-state index in [2.05, 4.69) is 20.3 Å². The number of nitrogens with zero attached hydrogens (tertiary/aromatic N) is 4. The lowest BCUT2D eigenvalue weighted by Gasteiger charge is -2.14. The number of methoxy groups -OCH3 is 1. The van der Waals surface area contributed by atoms with Gasteiger partial charge in [0.1, 0.15) is 11.8 Å². The number of fused-ring (bicyclic) bond motifs is 1. The topological polar surface area (TPSA) is 119 Å². The van der Waals surface area contributed by atoms with E-state index >= 15 is 0 Å². The molecule has 0 aliphatic rings. The highest BCUT2D eigenvalue weighted by molar-refractivity contribution is 6.03. The third kappa shape index (κ3) is 2.87. The minimum Gasteiger partial charge on any atom is -0.504 e. The Labute approximate surface area is 141 Å². The molecule has 25 heavy (non-hydrogen) atoms. The largest absolute Gasteiger partial charge is 0.504 e. The predicted octanol–water partition coefficient (Wildman–Crippen LogP) is 1.17. The first kappa shape index (κ1) is 16.4. The van der Waals surface area contributed by atoms with Crippen LogP contribution >= 0.6 is 0 Å². The summed E-state index contributed by atoms with van der Waals surface area (Å²) in [6.45, 7) is 2.06. The van der Waals surface area contributed by atoms with Crippen LogP contribution < -0.4 is 15.6 Å². The summed E-state index contributed by atoms with van der Waals surface area (Å²) >= 11 is 0. The van der Waals surface area contributed by atoms with E-state index in [1.165, 1.54) is 42.5 Å². The molecule has 0 radical (unpaired) electrons. The Hall–Kier alpha value is -3.49. The molecule has 0 aliphatic carbocycles. The number of amides is 1. The molecule has 0 aliphatic heterocycles. The molecule has 0 fully saturated rings. The third-order valence-electron chi connectivity index (χ3n) is 3.63. The van der Waals surface area contributed by atoms with Crippen molar-refractivity contribution in [3.8, 4) is 11.5 Å². The standard InChI is InChI=1S/C16H15N5O4/c1-3-21-15(24)10-4-5-11(22)13(25-2)12(10)19-16(21)20-14(23)9-6-17-8-18-7-9/h4-8,22H,3H2,1-2H3,(H,19,20,23). The number of anilines is 1. The lowest BCUT2D eigenvalue weighted by Crippen LogP contribution is -2.27. The maximum Gasteiger partial charge on any atom is 0.262 e. The first-order chi connectivity index (χ1) is 12.1. The van der Waals surface area contributed by atoms with Gasteiger partial charge < -0.3 is 9.84 Å². The van der Waals surface area contributed by atoms with Crippen LogP contribution in [0, 0.1) is 0 Å². The SMILES string of the molecule is CCn1c(NC(=O)c2cncnc2)nc2c(OC)c(O)ccc2c1=O. The monoisotopic (exact) mass is 341 g/mol. The molecular formula is C16H15N5O4. The van der Waals surface area contributed by atoms with Gasteiger partial charge in [0.2, 0.25) is 5.95 Å². The maximum absolute atomic E-state index is 12.7. The third-order valence-corrected chi connectivity index (χ3v) is 3.63. The van der Waals surface area contributed by atoms with Gasteiger partial charge in [0.05, 0.1) is 18.1 Å². The van der Waals surface area contributed by atoms with E-state index in [0.717, 1.165) is 0 Å². The van der Waals surface area contributed by atoms with E-state index in [1.54, 1.807) is 6.92 Å². The van der Waals surface area contributed by atoms with Gasteiger partial charge in [0, 0.05) is 18.9 Å². The molecule has 3 aromatic rings. The van der Waals surface area contributed by atoms with Crippen LogP contribution in [0.25, 0.3) is 10.9 Å². The second-order valence-electron chi connectivity index (χ2n) is 5.08. The van der Waals surface area contributed by atoms with Crippen LogP contribution in [0.5, 0.6) is 11.5 Å². The van der Waals surface area contributed by atoms with Gasteiger partial charge in [-0.05, 0) is 19.1 Å². The molecule has 2 N–H and O–H groups in total. The Bertz CT molecular complexity index is 1000. The molecule has 0 bridgehead atoms. The van der Waals surface area contributed by atoms with E-state index in [1.807, 2.05) is 0 Å². The fourth-order valence-corrected chi connectivity index (χ4v) is 2.43. The average molecular weight is 341 g/mol. The molecule has 9 heteroatoms. The number of benzene rings is 1. The number of nitrogens with one attached hydrogen (secondary N) is 1. The zero-order valence-electron chi connectivity index (χ0n) is 13.6. The number of phenolic OH excluding ortho intramolecular Hbond substituents is 1. The van der Waals surface area contributed by atoms with Crippen LogP contribution in [0.3, 0.4) is 0 Å². The molecule has 0 saturated heterocycles. The van der Waals surface area contributed by atoms with Crippen LogP contribution in [-0.4, -0.2) is 37.6 Å². The molecular weight excluding hydrogens is 326 g/mol. The van der Waals surface area contributed by atoms with Crippen molar-refractivity contribution in [2.24, 2.45) is 0 Å². The van der Waals surface area contributed by atoms with Gasteiger partial charge in [-0.1, -0.05) is 0 Å². The first-order valence-electron chi connectivity index (χ1n) is 7.43. The lowest BCUT2D eigenvalue weighted by molar-refractivity contribution is 0.102. The van der Waals surface area contributed by atoms with Gasteiger partial charge in [-0.3, -0.25) is 19.5 Å². The molecule has 2 aromatic heterocycles. The second kappa shape index (κ2) is 6.56. The van der Waals surface area contributed by atoms with E-state index in [0.29, 0.717) is 6.54 Å². The zero-order valence-corrected chi connectivity index (χ0v) is 13.6. The number of aromatic nitrogens is 4. The van der Waals surface area contributed by atoms with Crippen molar-refractivity contribution in [3.63, 3.8) is 0 Å². The van der Waals surface area contributed by atoms with Crippen molar-refractivity contribution < 1.29 is 14.6 Å². The first-order valence-corrected chi connectivity index (χ1v) is 7.43. The Morgan fingerprint density at radius 1 is 1.32 bits per heavy atom. The van der Waals surface area contributed by atoms with Gasteiger partial charge in [-0.2, -0.15) is 0 Å². The normalized spacial score (nSPS) is 10.6. The molecule has 0 saturated carbocycles. The fourth-order valence-electron chi connectivity index (χ4n) is 2.43. The summed E-state index contributed by atoms with van der Waals surface area (Å²) in [6.07, 6.45) is 4.01. The minimum absolute atomic E-state index is 0.0396. The zero-order chi connectivity index (χ0) is 18.0.